The SMILES string of the molecule is CO[C@H](C)COc1nc2[nH]cc(F)c2cc1Oc1cc(N2CCC3(CC2)CC(N2CCC[C@@H]2c2ccccc2C(C)C)C3)ccc1C(=O)NS(=O)(=O)c1cc2c(c([N+](=O)[O-])c1)N[C@@H](C1CCC(C)(O)CC1)CO2. The highest BCUT2D eigenvalue weighted by atomic mass is 32.2. The minimum absolute atomic E-state index is 0.0254. The molecule has 390 valence electrons. The fourth-order valence-electron chi connectivity index (χ4n) is 11.9. The number of pyridine rings is 1. The van der Waals surface area contributed by atoms with Gasteiger partial charge in [0.1, 0.15) is 30.4 Å². The second kappa shape index (κ2) is 20.0. The average Bonchev–Trinajstić information content (AvgIpc) is 4.00. The second-order valence-corrected chi connectivity index (χ2v) is 23.3. The van der Waals surface area contributed by atoms with Gasteiger partial charge in [-0.3, -0.25) is 19.8 Å². The number of aliphatic hydroxyl groups is 1. The first-order valence-electron chi connectivity index (χ1n) is 25.7. The van der Waals surface area contributed by atoms with Gasteiger partial charge < -0.3 is 39.3 Å². The highest BCUT2D eigenvalue weighted by Crippen LogP contribution is 2.54. The summed E-state index contributed by atoms with van der Waals surface area (Å²) in [7, 11) is -3.25. The van der Waals surface area contributed by atoms with Crippen LogP contribution in [0.3, 0.4) is 0 Å². The molecule has 5 aromatic rings. The van der Waals surface area contributed by atoms with Crippen LogP contribution in [0.4, 0.5) is 21.5 Å². The number of nitro groups is 1. The summed E-state index contributed by atoms with van der Waals surface area (Å²) in [5.74, 6) is -1.31. The number of fused-ring (bicyclic) bond motifs is 2. The van der Waals surface area contributed by atoms with E-state index in [-0.39, 0.29) is 82.1 Å². The number of aromatic nitrogens is 2. The van der Waals surface area contributed by atoms with Crippen molar-refractivity contribution in [3.63, 3.8) is 0 Å². The van der Waals surface area contributed by atoms with Gasteiger partial charge in [-0.1, -0.05) is 38.1 Å². The molecule has 73 heavy (non-hydrogen) atoms. The molecule has 3 aliphatic heterocycles. The Bertz CT molecular complexity index is 2990. The molecule has 2 aromatic heterocycles. The van der Waals surface area contributed by atoms with E-state index in [2.05, 4.69) is 67.9 Å². The smallest absolute Gasteiger partial charge is 0.297 e. The van der Waals surface area contributed by atoms with Gasteiger partial charge >= 0.3 is 0 Å². The van der Waals surface area contributed by atoms with Crippen molar-refractivity contribution in [2.45, 2.75) is 133 Å². The number of amides is 1. The van der Waals surface area contributed by atoms with Crippen LogP contribution in [0.25, 0.3) is 11.0 Å². The highest BCUT2D eigenvalue weighted by molar-refractivity contribution is 7.90. The fourth-order valence-corrected chi connectivity index (χ4v) is 12.9. The van der Waals surface area contributed by atoms with Crippen LogP contribution in [-0.4, -0.2) is 103 Å². The van der Waals surface area contributed by atoms with Crippen LogP contribution in [-0.2, 0) is 14.8 Å². The van der Waals surface area contributed by atoms with E-state index in [9.17, 15) is 28.4 Å². The first-order chi connectivity index (χ1) is 34.9. The number of likely N-dealkylation sites (tertiary alicyclic amines) is 1. The van der Waals surface area contributed by atoms with E-state index >= 15 is 4.39 Å². The number of nitro benzene ring substituents is 1. The van der Waals surface area contributed by atoms with Gasteiger partial charge in [0.15, 0.2) is 17.2 Å². The monoisotopic (exact) mass is 1020 g/mol. The average molecular weight is 1020 g/mol. The van der Waals surface area contributed by atoms with Gasteiger partial charge in [0.05, 0.1) is 38.5 Å². The van der Waals surface area contributed by atoms with Crippen LogP contribution in [0.2, 0.25) is 0 Å². The van der Waals surface area contributed by atoms with Crippen LogP contribution >= 0.6 is 0 Å². The lowest BCUT2D eigenvalue weighted by molar-refractivity contribution is -0.384. The number of aromatic amines is 1. The number of nitrogens with one attached hydrogen (secondary N) is 3. The van der Waals surface area contributed by atoms with Crippen molar-refractivity contribution in [1.82, 2.24) is 19.6 Å². The van der Waals surface area contributed by atoms with Gasteiger partial charge in [0, 0.05) is 68.4 Å². The number of piperidine rings is 1. The third kappa shape index (κ3) is 10.3. The summed E-state index contributed by atoms with van der Waals surface area (Å²) in [6, 6.07) is 17.9. The van der Waals surface area contributed by atoms with Crippen molar-refractivity contribution < 1.29 is 46.6 Å². The Hall–Kier alpha value is -6.02. The predicted octanol–water partition coefficient (Wildman–Crippen LogP) is 9.76. The molecule has 4 N–H and O–H groups in total. The number of ether oxygens (including phenoxy) is 4. The summed E-state index contributed by atoms with van der Waals surface area (Å²) in [4.78, 5) is 37.9. The predicted molar refractivity (Wildman–Crippen MR) is 274 cm³/mol. The number of methoxy groups -OCH3 is 1. The highest BCUT2D eigenvalue weighted by Gasteiger charge is 2.50. The van der Waals surface area contributed by atoms with Gasteiger partial charge in [-0.2, -0.15) is 4.98 Å². The van der Waals surface area contributed by atoms with E-state index in [4.69, 9.17) is 18.9 Å². The molecule has 0 unspecified atom stereocenters. The van der Waals surface area contributed by atoms with E-state index in [0.717, 1.165) is 69.3 Å². The molecular weight excluding hydrogens is 958 g/mol. The summed E-state index contributed by atoms with van der Waals surface area (Å²) in [6.45, 7) is 10.9. The van der Waals surface area contributed by atoms with Gasteiger partial charge in [-0.15, -0.1) is 0 Å². The molecule has 2 aliphatic carbocycles. The molecule has 3 aromatic carbocycles. The maximum absolute atomic E-state index is 15.1. The Morgan fingerprint density at radius 1 is 1.03 bits per heavy atom. The zero-order valence-corrected chi connectivity index (χ0v) is 42.9. The number of sulfonamides is 1. The van der Waals surface area contributed by atoms with Gasteiger partial charge in [0.25, 0.3) is 27.5 Å². The van der Waals surface area contributed by atoms with E-state index in [0.29, 0.717) is 43.7 Å². The molecule has 5 heterocycles. The lowest BCUT2D eigenvalue weighted by Crippen LogP contribution is -2.54. The van der Waals surface area contributed by atoms with Crippen molar-refractivity contribution in [1.29, 1.82) is 0 Å². The first-order valence-corrected chi connectivity index (χ1v) is 27.1. The summed E-state index contributed by atoms with van der Waals surface area (Å²) in [5.41, 5.74) is 2.59. The quantitative estimate of drug-likeness (QED) is 0.0568. The Kier molecular flexibility index (Phi) is 13.8. The fraction of sp³-hybridized carbons (Fsp3) is 0.519. The lowest BCUT2D eigenvalue weighted by Gasteiger charge is -2.56. The zero-order valence-electron chi connectivity index (χ0n) is 42.1. The van der Waals surface area contributed by atoms with Crippen LogP contribution < -0.4 is 29.1 Å². The Balaban J connectivity index is 0.904. The molecule has 19 heteroatoms. The van der Waals surface area contributed by atoms with Crippen molar-refractivity contribution in [2.24, 2.45) is 11.3 Å². The number of anilines is 2. The minimum Gasteiger partial charge on any atom is -0.489 e. The van der Waals surface area contributed by atoms with Crippen LogP contribution in [0.15, 0.2) is 71.8 Å². The number of carbonyl (C=O) groups is 1. The Morgan fingerprint density at radius 3 is 2.51 bits per heavy atom. The number of hydrogen-bond donors (Lipinski definition) is 4. The third-order valence-electron chi connectivity index (χ3n) is 16.3. The molecular formula is C54H66FN7O10S. The van der Waals surface area contributed by atoms with E-state index in [1.54, 1.807) is 26.0 Å². The first kappa shape index (κ1) is 50.5. The van der Waals surface area contributed by atoms with Gasteiger partial charge in [-0.05, 0) is 125 Å². The number of H-pyrrole nitrogens is 1. The summed E-state index contributed by atoms with van der Waals surface area (Å²) in [5, 5.41) is 26.3. The van der Waals surface area contributed by atoms with Crippen molar-refractivity contribution in [3.05, 3.63) is 99.5 Å². The van der Waals surface area contributed by atoms with Gasteiger partial charge in [-0.25, -0.2) is 17.5 Å². The standard InChI is InChI=1S/C54H66FN7O10S/c1-32(2)38-9-6-7-10-39(38)44-11-8-20-61(44)36-27-54(28-36)18-21-60(22-19-54)35-12-13-40(46(23-35)72-48-26-41-42(55)29-56-50(41)58-52(48)71-30-33(3)69-5)51(63)59-73(67,68)37-24-45(62(65)66)49-47(25-37)70-31-43(57-49)34-14-16-53(4,64)17-15-34/h6-7,9-10,12-13,23-26,29,32-34,36,43-44,57,64H,8,11,14-22,27-28,30-31H2,1-5H3,(H,56,58)(H,59,63)/t33-,34?,43-,44-,53?/m1/s1. The zero-order chi connectivity index (χ0) is 51.4. The number of rotatable bonds is 15. The number of benzene rings is 3. The number of carbonyl (C=O) groups excluding carboxylic acids is 1. The van der Waals surface area contributed by atoms with E-state index in [1.165, 1.54) is 43.2 Å². The lowest BCUT2D eigenvalue weighted by atomic mass is 9.59. The number of halogens is 1. The van der Waals surface area contributed by atoms with Crippen molar-refractivity contribution >= 4 is 44.0 Å². The molecule has 2 saturated carbocycles. The molecule has 4 fully saturated rings. The molecule has 10 rings (SSSR count). The molecule has 0 radical (unpaired) electrons. The molecule has 0 bridgehead atoms. The molecule has 1 spiro atoms. The summed E-state index contributed by atoms with van der Waals surface area (Å²) in [6.07, 6.45) is 9.92. The Morgan fingerprint density at radius 2 is 1.78 bits per heavy atom. The summed E-state index contributed by atoms with van der Waals surface area (Å²) < 4.78 is 69.4. The Labute approximate surface area is 425 Å². The van der Waals surface area contributed by atoms with Gasteiger partial charge in [0.2, 0.25) is 0 Å². The van der Waals surface area contributed by atoms with Crippen LogP contribution in [0, 0.1) is 27.3 Å². The minimum atomic E-state index is -4.78. The van der Waals surface area contributed by atoms with Crippen LogP contribution in [0.5, 0.6) is 23.1 Å². The van der Waals surface area contributed by atoms with E-state index < -0.39 is 42.9 Å². The molecule has 17 nitrogen and oxygen atoms in total. The van der Waals surface area contributed by atoms with Crippen LogP contribution in [0.1, 0.15) is 125 Å². The number of nitrogens with zero attached hydrogens (tertiary/aromatic N) is 4. The molecule has 1 amide bonds. The molecule has 5 aliphatic rings. The van der Waals surface area contributed by atoms with Crippen molar-refractivity contribution in [2.75, 3.05) is 50.2 Å². The maximum Gasteiger partial charge on any atom is 0.297 e. The molecule has 2 saturated heterocycles. The normalized spacial score (nSPS) is 23.6. The molecule has 3 atom stereocenters. The third-order valence-corrected chi connectivity index (χ3v) is 17.6. The topological polar surface area (TPSA) is 211 Å². The largest absolute Gasteiger partial charge is 0.489 e. The summed E-state index contributed by atoms with van der Waals surface area (Å²) >= 11 is 0. The van der Waals surface area contributed by atoms with E-state index in [1.807, 2.05) is 0 Å². The number of hydrogen-bond acceptors (Lipinski definition) is 14. The second-order valence-electron chi connectivity index (χ2n) is 21.6. The van der Waals surface area contributed by atoms with Crippen molar-refractivity contribution in [3.8, 4) is 23.1 Å². The maximum atomic E-state index is 15.1.